The van der Waals surface area contributed by atoms with Gasteiger partial charge in [-0.1, -0.05) is 18.5 Å². The molecule has 3 aromatic heterocycles. The Labute approximate surface area is 233 Å². The molecule has 10 nitrogen and oxygen atoms in total. The van der Waals surface area contributed by atoms with Crippen LogP contribution < -0.4 is 15.4 Å². The Kier molecular flexibility index (Phi) is 8.88. The van der Waals surface area contributed by atoms with Gasteiger partial charge in [0.15, 0.2) is 17.0 Å². The molecule has 1 saturated heterocycles. The van der Waals surface area contributed by atoms with E-state index in [9.17, 15) is 5.11 Å². The van der Waals surface area contributed by atoms with Gasteiger partial charge in [0, 0.05) is 44.5 Å². The van der Waals surface area contributed by atoms with E-state index in [1.165, 1.54) is 6.33 Å². The minimum atomic E-state index is -0.142. The van der Waals surface area contributed by atoms with Crippen LogP contribution >= 0.6 is 11.6 Å². The summed E-state index contributed by atoms with van der Waals surface area (Å²) in [6, 6.07) is 9.58. The molecule has 0 radical (unpaired) electrons. The first-order chi connectivity index (χ1) is 19.1. The highest BCUT2D eigenvalue weighted by Gasteiger charge is 2.21. The monoisotopic (exact) mass is 550 g/mol. The maximum Gasteiger partial charge on any atom is 0.166 e. The summed E-state index contributed by atoms with van der Waals surface area (Å²) < 4.78 is 8.04. The normalized spacial score (nSPS) is 15.0. The van der Waals surface area contributed by atoms with Crippen LogP contribution in [0.2, 0.25) is 5.02 Å². The van der Waals surface area contributed by atoms with Gasteiger partial charge in [0.2, 0.25) is 0 Å². The van der Waals surface area contributed by atoms with Crippen molar-refractivity contribution >= 4 is 28.6 Å². The summed E-state index contributed by atoms with van der Waals surface area (Å²) in [5, 5.41) is 17.0. The number of nitrogens with one attached hydrogen (secondary N) is 2. The molecule has 1 atom stereocenters. The second-order valence-electron chi connectivity index (χ2n) is 9.75. The van der Waals surface area contributed by atoms with Crippen molar-refractivity contribution in [2.75, 3.05) is 51.3 Å². The number of piperazine rings is 1. The molecule has 3 N–H and O–H groups in total. The summed E-state index contributed by atoms with van der Waals surface area (Å²) >= 11 is 6.84. The van der Waals surface area contributed by atoms with Crippen molar-refractivity contribution in [3.05, 3.63) is 59.1 Å². The van der Waals surface area contributed by atoms with E-state index in [-0.39, 0.29) is 12.6 Å². The van der Waals surface area contributed by atoms with E-state index < -0.39 is 0 Å². The van der Waals surface area contributed by atoms with Crippen molar-refractivity contribution in [3.63, 3.8) is 0 Å². The molecule has 4 heterocycles. The SMILES string of the molecule is CC[C@H](CO)Nc1ncnc2c1nc(-c1ccc(OCCN3CCNCC3)cc1Cl)n2Cc1cc(C)ccn1. The number of anilines is 1. The van der Waals surface area contributed by atoms with Crippen molar-refractivity contribution in [1.29, 1.82) is 0 Å². The molecule has 0 aliphatic carbocycles. The number of nitrogens with zero attached hydrogens (tertiary/aromatic N) is 6. The zero-order valence-corrected chi connectivity index (χ0v) is 23.2. The van der Waals surface area contributed by atoms with Gasteiger partial charge in [0.05, 0.1) is 29.9 Å². The molecular formula is C28H35ClN8O2. The first-order valence-electron chi connectivity index (χ1n) is 13.4. The second-order valence-corrected chi connectivity index (χ2v) is 10.2. The third kappa shape index (κ3) is 6.47. The van der Waals surface area contributed by atoms with E-state index in [2.05, 4.69) is 30.5 Å². The van der Waals surface area contributed by atoms with Crippen LogP contribution in [0.5, 0.6) is 5.75 Å². The van der Waals surface area contributed by atoms with Crippen LogP contribution in [0.15, 0.2) is 42.9 Å². The maximum absolute atomic E-state index is 9.74. The van der Waals surface area contributed by atoms with Crippen LogP contribution in [-0.4, -0.2) is 86.5 Å². The number of hydrogen-bond acceptors (Lipinski definition) is 9. The summed E-state index contributed by atoms with van der Waals surface area (Å²) in [5.74, 6) is 1.95. The molecule has 206 valence electrons. The Bertz CT molecular complexity index is 1400. The van der Waals surface area contributed by atoms with Gasteiger partial charge < -0.3 is 25.0 Å². The highest BCUT2D eigenvalue weighted by molar-refractivity contribution is 6.33. The number of imidazole rings is 1. The lowest BCUT2D eigenvalue weighted by Gasteiger charge is -2.26. The predicted octanol–water partition coefficient (Wildman–Crippen LogP) is 3.37. The molecule has 1 fully saturated rings. The van der Waals surface area contributed by atoms with Gasteiger partial charge in [0.1, 0.15) is 24.5 Å². The lowest BCUT2D eigenvalue weighted by Crippen LogP contribution is -2.44. The number of hydrogen-bond donors (Lipinski definition) is 3. The highest BCUT2D eigenvalue weighted by atomic mass is 35.5. The fourth-order valence-electron chi connectivity index (χ4n) is 4.71. The Morgan fingerprint density at radius 2 is 2.00 bits per heavy atom. The summed E-state index contributed by atoms with van der Waals surface area (Å²) in [6.45, 7) is 10.1. The zero-order valence-electron chi connectivity index (χ0n) is 22.4. The number of aromatic nitrogens is 5. The van der Waals surface area contributed by atoms with Crippen molar-refractivity contribution < 1.29 is 9.84 Å². The topological polar surface area (TPSA) is 113 Å². The number of rotatable bonds is 11. The first-order valence-corrected chi connectivity index (χ1v) is 13.8. The number of pyridine rings is 1. The number of ether oxygens (including phenoxy) is 1. The Morgan fingerprint density at radius 3 is 2.74 bits per heavy atom. The van der Waals surface area contributed by atoms with Gasteiger partial charge in [-0.2, -0.15) is 0 Å². The third-order valence-electron chi connectivity index (χ3n) is 6.95. The molecule has 1 aromatic carbocycles. The predicted molar refractivity (Wildman–Crippen MR) is 153 cm³/mol. The number of benzene rings is 1. The number of aryl methyl sites for hydroxylation is 1. The minimum absolute atomic E-state index is 0.00921. The Balaban J connectivity index is 1.47. The highest BCUT2D eigenvalue weighted by Crippen LogP contribution is 2.34. The number of aliphatic hydroxyl groups excluding tert-OH is 1. The fourth-order valence-corrected chi connectivity index (χ4v) is 4.96. The van der Waals surface area contributed by atoms with Crippen LogP contribution in [0.4, 0.5) is 5.82 Å². The molecule has 1 aliphatic heterocycles. The average molecular weight is 551 g/mol. The molecule has 0 spiro atoms. The number of fused-ring (bicyclic) bond motifs is 1. The number of aliphatic hydroxyl groups is 1. The van der Waals surface area contributed by atoms with Crippen LogP contribution in [0.25, 0.3) is 22.6 Å². The van der Waals surface area contributed by atoms with E-state index in [1.807, 2.05) is 48.7 Å². The summed E-state index contributed by atoms with van der Waals surface area (Å²) in [6.07, 6.45) is 4.06. The quantitative estimate of drug-likeness (QED) is 0.259. The van der Waals surface area contributed by atoms with Crippen molar-refractivity contribution in [1.82, 2.24) is 34.7 Å². The smallest absolute Gasteiger partial charge is 0.166 e. The molecule has 5 rings (SSSR count). The average Bonchev–Trinajstić information content (AvgIpc) is 3.31. The molecular weight excluding hydrogens is 516 g/mol. The summed E-state index contributed by atoms with van der Waals surface area (Å²) in [7, 11) is 0. The van der Waals surface area contributed by atoms with Crippen LogP contribution in [0.3, 0.4) is 0 Å². The standard InChI is InChI=1S/C28H35ClN8O2/c1-3-20(17-38)34-26-25-28(33-18-32-26)37(16-21-14-19(2)6-7-31-21)27(35-25)23-5-4-22(15-24(23)29)39-13-12-36-10-8-30-9-11-36/h4-7,14-15,18,20,30,38H,3,8-13,16-17H2,1-2H3,(H,32,33,34)/t20-/m1/s1. The van der Waals surface area contributed by atoms with Gasteiger partial charge in [0.25, 0.3) is 0 Å². The third-order valence-corrected chi connectivity index (χ3v) is 7.26. The van der Waals surface area contributed by atoms with Crippen molar-refractivity contribution in [3.8, 4) is 17.1 Å². The second kappa shape index (κ2) is 12.7. The lowest BCUT2D eigenvalue weighted by molar-refractivity contribution is 0.191. The van der Waals surface area contributed by atoms with Gasteiger partial charge in [-0.3, -0.25) is 9.88 Å². The van der Waals surface area contributed by atoms with E-state index in [0.717, 1.165) is 61.7 Å². The molecule has 0 amide bonds. The van der Waals surface area contributed by atoms with E-state index in [1.54, 1.807) is 6.20 Å². The number of halogens is 1. The summed E-state index contributed by atoms with van der Waals surface area (Å²) in [5.41, 5.74) is 4.04. The molecule has 11 heteroatoms. The van der Waals surface area contributed by atoms with Gasteiger partial charge >= 0.3 is 0 Å². The van der Waals surface area contributed by atoms with E-state index >= 15 is 0 Å². The maximum atomic E-state index is 9.74. The molecule has 0 saturated carbocycles. The zero-order chi connectivity index (χ0) is 27.2. The molecule has 0 bridgehead atoms. The minimum Gasteiger partial charge on any atom is -0.492 e. The van der Waals surface area contributed by atoms with Crippen LogP contribution in [-0.2, 0) is 6.54 Å². The van der Waals surface area contributed by atoms with E-state index in [4.69, 9.17) is 21.3 Å². The van der Waals surface area contributed by atoms with Crippen molar-refractivity contribution in [2.45, 2.75) is 32.9 Å². The molecule has 0 unspecified atom stereocenters. The first kappa shape index (κ1) is 27.3. The summed E-state index contributed by atoms with van der Waals surface area (Å²) in [4.78, 5) is 20.9. The van der Waals surface area contributed by atoms with Crippen molar-refractivity contribution in [2.24, 2.45) is 0 Å². The van der Waals surface area contributed by atoms with Gasteiger partial charge in [-0.25, -0.2) is 15.0 Å². The largest absolute Gasteiger partial charge is 0.492 e. The Morgan fingerprint density at radius 1 is 1.15 bits per heavy atom. The van der Waals surface area contributed by atoms with E-state index in [0.29, 0.717) is 41.0 Å². The Hall–Kier alpha value is -3.31. The van der Waals surface area contributed by atoms with Crippen LogP contribution in [0, 0.1) is 6.92 Å². The van der Waals surface area contributed by atoms with Crippen LogP contribution in [0.1, 0.15) is 24.6 Å². The molecule has 4 aromatic rings. The molecule has 39 heavy (non-hydrogen) atoms. The van der Waals surface area contributed by atoms with Gasteiger partial charge in [-0.15, -0.1) is 0 Å². The fraction of sp³-hybridized carbons (Fsp3) is 0.429. The lowest BCUT2D eigenvalue weighted by atomic mass is 10.2. The van der Waals surface area contributed by atoms with Gasteiger partial charge in [-0.05, 0) is 49.2 Å². The molecule has 1 aliphatic rings.